The van der Waals surface area contributed by atoms with Crippen molar-refractivity contribution in [3.05, 3.63) is 16.9 Å². The second-order valence-corrected chi connectivity index (χ2v) is 5.29. The molecule has 1 rings (SSSR count). The maximum Gasteiger partial charge on any atom is 0.281 e. The third kappa shape index (κ3) is 2.47. The molecule has 0 saturated heterocycles. The Kier molecular flexibility index (Phi) is 3.37. The molecule has 84 valence electrons. The zero-order valence-electron chi connectivity index (χ0n) is 6.79. The minimum Gasteiger partial charge on any atom is -0.505 e. The maximum absolute atomic E-state index is 12.3. The van der Waals surface area contributed by atoms with Crippen LogP contribution in [0.4, 0.5) is 8.78 Å². The Morgan fingerprint density at radius 1 is 1.47 bits per heavy atom. The number of hydrogen-bond donors (Lipinski definition) is 1. The van der Waals surface area contributed by atoms with Gasteiger partial charge in [0.15, 0.2) is 5.75 Å². The summed E-state index contributed by atoms with van der Waals surface area (Å²) < 4.78 is 46.5. The van der Waals surface area contributed by atoms with Gasteiger partial charge in [-0.2, -0.15) is 0 Å². The van der Waals surface area contributed by atoms with Crippen LogP contribution in [0.25, 0.3) is 0 Å². The van der Waals surface area contributed by atoms with Crippen LogP contribution in [0.1, 0.15) is 12.1 Å². The fourth-order valence-corrected chi connectivity index (χ4v) is 2.61. The number of pyridine rings is 1. The molecule has 1 aromatic heterocycles. The number of nitrogens with zero attached hydrogens (tertiary/aromatic N) is 1. The van der Waals surface area contributed by atoms with E-state index < -0.39 is 36.8 Å². The molecule has 0 aromatic carbocycles. The fraction of sp³-hybridized carbons (Fsp3) is 0.167. The lowest BCUT2D eigenvalue weighted by molar-refractivity contribution is 0.142. The van der Waals surface area contributed by atoms with Gasteiger partial charge in [-0.15, -0.1) is 0 Å². The van der Waals surface area contributed by atoms with Crippen molar-refractivity contribution in [1.29, 1.82) is 0 Å². The van der Waals surface area contributed by atoms with Gasteiger partial charge in [0.05, 0.1) is 6.20 Å². The van der Waals surface area contributed by atoms with Crippen LogP contribution in [0.5, 0.6) is 5.75 Å². The smallest absolute Gasteiger partial charge is 0.281 e. The largest absolute Gasteiger partial charge is 0.505 e. The first-order chi connectivity index (χ1) is 6.75. The van der Waals surface area contributed by atoms with Gasteiger partial charge in [-0.05, 0) is 0 Å². The predicted molar refractivity (Wildman–Crippen MR) is 48.9 cm³/mol. The van der Waals surface area contributed by atoms with Crippen LogP contribution in [-0.2, 0) is 9.05 Å². The van der Waals surface area contributed by atoms with Crippen molar-refractivity contribution in [2.24, 2.45) is 0 Å². The molecule has 0 unspecified atom stereocenters. The van der Waals surface area contributed by atoms with Crippen LogP contribution in [-0.4, -0.2) is 18.5 Å². The first kappa shape index (κ1) is 12.4. The maximum atomic E-state index is 12.3. The summed E-state index contributed by atoms with van der Waals surface area (Å²) in [4.78, 5) is 1.99. The predicted octanol–water partition coefficient (Wildman–Crippen LogP) is 2.31. The van der Waals surface area contributed by atoms with Crippen LogP contribution in [0.15, 0.2) is 11.1 Å². The van der Waals surface area contributed by atoms with Crippen molar-refractivity contribution < 1.29 is 22.3 Å². The van der Waals surface area contributed by atoms with E-state index in [4.69, 9.17) is 27.4 Å². The Labute approximate surface area is 92.9 Å². The number of rotatable bonds is 2. The minimum absolute atomic E-state index is 0.620. The van der Waals surface area contributed by atoms with E-state index in [-0.39, 0.29) is 0 Å². The Morgan fingerprint density at radius 2 is 2.00 bits per heavy atom. The molecule has 0 spiro atoms. The molecule has 0 aliphatic carbocycles. The highest BCUT2D eigenvalue weighted by atomic mass is 35.7. The molecule has 0 aliphatic heterocycles. The number of hydrogen-bond acceptors (Lipinski definition) is 4. The van der Waals surface area contributed by atoms with E-state index >= 15 is 0 Å². The van der Waals surface area contributed by atoms with Gasteiger partial charge in [0, 0.05) is 10.7 Å². The molecule has 0 atom stereocenters. The Balaban J connectivity index is 3.65. The summed E-state index contributed by atoms with van der Waals surface area (Å²) in [7, 11) is 0.394. The average Bonchev–Trinajstić information content (AvgIpc) is 2.06. The highest BCUT2D eigenvalue weighted by Gasteiger charge is 2.28. The zero-order chi connectivity index (χ0) is 11.8. The van der Waals surface area contributed by atoms with Crippen molar-refractivity contribution in [3.63, 3.8) is 0 Å². The average molecular weight is 278 g/mol. The van der Waals surface area contributed by atoms with Crippen molar-refractivity contribution >= 4 is 31.3 Å². The van der Waals surface area contributed by atoms with Gasteiger partial charge in [0.25, 0.3) is 15.5 Å². The topological polar surface area (TPSA) is 67.3 Å². The van der Waals surface area contributed by atoms with Gasteiger partial charge >= 0.3 is 0 Å². The first-order valence-electron chi connectivity index (χ1n) is 3.35. The van der Waals surface area contributed by atoms with Gasteiger partial charge in [0.2, 0.25) is 0 Å². The first-order valence-corrected chi connectivity index (χ1v) is 6.04. The minimum atomic E-state index is -4.49. The summed E-state index contributed by atoms with van der Waals surface area (Å²) in [6.45, 7) is 0. The molecule has 0 fully saturated rings. The van der Waals surface area contributed by atoms with E-state index in [2.05, 4.69) is 4.98 Å². The quantitative estimate of drug-likeness (QED) is 0.843. The molecule has 0 saturated carbocycles. The fourth-order valence-electron chi connectivity index (χ4n) is 0.862. The highest BCUT2D eigenvalue weighted by Crippen LogP contribution is 2.37. The van der Waals surface area contributed by atoms with Gasteiger partial charge in [-0.3, -0.25) is 0 Å². The van der Waals surface area contributed by atoms with Crippen molar-refractivity contribution in [3.8, 4) is 5.75 Å². The number of aromatic nitrogens is 1. The van der Waals surface area contributed by atoms with Crippen LogP contribution in [0.2, 0.25) is 5.02 Å². The molecule has 0 radical (unpaired) electrons. The van der Waals surface area contributed by atoms with Crippen molar-refractivity contribution in [2.75, 3.05) is 0 Å². The third-order valence-electron chi connectivity index (χ3n) is 1.43. The van der Waals surface area contributed by atoms with E-state index in [9.17, 15) is 17.2 Å². The zero-order valence-corrected chi connectivity index (χ0v) is 9.11. The van der Waals surface area contributed by atoms with Crippen molar-refractivity contribution in [2.45, 2.75) is 11.3 Å². The summed E-state index contributed by atoms with van der Waals surface area (Å²) in [5.74, 6) is -0.736. The van der Waals surface area contributed by atoms with E-state index in [0.29, 0.717) is 6.20 Å². The molecule has 1 aromatic rings. The molecule has 4 nitrogen and oxygen atoms in total. The van der Waals surface area contributed by atoms with Crippen molar-refractivity contribution in [1.82, 2.24) is 4.98 Å². The molecule has 15 heavy (non-hydrogen) atoms. The molecule has 1 heterocycles. The Morgan fingerprint density at radius 3 is 2.40 bits per heavy atom. The van der Waals surface area contributed by atoms with E-state index in [1.165, 1.54) is 0 Å². The van der Waals surface area contributed by atoms with Gasteiger partial charge in [-0.1, -0.05) is 11.6 Å². The molecule has 0 bridgehead atoms. The Hall–Kier alpha value is -0.660. The third-order valence-corrected chi connectivity index (χ3v) is 3.29. The molecule has 0 aliphatic rings. The number of aromatic hydroxyl groups is 1. The lowest BCUT2D eigenvalue weighted by Crippen LogP contribution is -2.02. The van der Waals surface area contributed by atoms with Crippen LogP contribution in [0.3, 0.4) is 0 Å². The standard InChI is InChI=1S/C6H3Cl2F2NO3S/c7-3-2(12)1-11-4(6(9)10)5(3)15(8,13)14/h1,6,12H. The monoisotopic (exact) mass is 277 g/mol. The summed E-state index contributed by atoms with van der Waals surface area (Å²) in [5.41, 5.74) is -1.09. The molecule has 0 amide bonds. The normalized spacial score (nSPS) is 12.1. The van der Waals surface area contributed by atoms with E-state index in [0.717, 1.165) is 0 Å². The van der Waals surface area contributed by atoms with E-state index in [1.807, 2.05) is 0 Å². The summed E-state index contributed by atoms with van der Waals surface area (Å²) in [5, 5.41) is 8.24. The summed E-state index contributed by atoms with van der Waals surface area (Å²) >= 11 is 5.34. The highest BCUT2D eigenvalue weighted by molar-refractivity contribution is 8.13. The van der Waals surface area contributed by atoms with E-state index in [1.54, 1.807) is 0 Å². The molecular formula is C6H3Cl2F2NO3S. The molecule has 9 heteroatoms. The number of alkyl halides is 2. The summed E-state index contributed by atoms with van der Waals surface area (Å²) in [6, 6.07) is 0. The second-order valence-electron chi connectivity index (χ2n) is 2.41. The SMILES string of the molecule is O=S(=O)(Cl)c1c(C(F)F)ncc(O)c1Cl. The lowest BCUT2D eigenvalue weighted by Gasteiger charge is -2.07. The second kappa shape index (κ2) is 4.07. The van der Waals surface area contributed by atoms with Gasteiger partial charge < -0.3 is 5.11 Å². The number of halogens is 4. The molecular weight excluding hydrogens is 275 g/mol. The lowest BCUT2D eigenvalue weighted by atomic mass is 10.3. The van der Waals surface area contributed by atoms with Crippen LogP contribution in [0, 0.1) is 0 Å². The Bertz CT molecular complexity index is 491. The van der Waals surface area contributed by atoms with Gasteiger partial charge in [0.1, 0.15) is 15.6 Å². The van der Waals surface area contributed by atoms with Crippen LogP contribution >= 0.6 is 22.3 Å². The van der Waals surface area contributed by atoms with Gasteiger partial charge in [-0.25, -0.2) is 22.2 Å². The molecule has 1 N–H and O–H groups in total. The summed E-state index contributed by atoms with van der Waals surface area (Å²) in [6.07, 6.45) is -2.54. The van der Waals surface area contributed by atoms with Crippen LogP contribution < -0.4 is 0 Å².